The lowest BCUT2D eigenvalue weighted by atomic mass is 10.2. The molecule has 1 heterocycles. The van der Waals surface area contributed by atoms with Crippen LogP contribution in [-0.4, -0.2) is 59.6 Å². The van der Waals surface area contributed by atoms with Gasteiger partial charge in [0.05, 0.1) is 13.0 Å². The summed E-state index contributed by atoms with van der Waals surface area (Å²) >= 11 is 0. The van der Waals surface area contributed by atoms with Gasteiger partial charge in [-0.2, -0.15) is 0 Å². The van der Waals surface area contributed by atoms with Crippen LogP contribution in [0.25, 0.3) is 0 Å². The fraction of sp³-hybridized carbons (Fsp3) is 0.647. The van der Waals surface area contributed by atoms with Gasteiger partial charge < -0.3 is 19.0 Å². The standard InChI is InChI=1S/C17H23NO10/c1-9(2)8-25-15(22)7-12(27-11(4)19)17(24)26-10(3)16(23)28-18-13(20)5-6-14(18)21/h9-10,12H,5-8H2,1-4H3/t10-,12-/m0/s1. The molecular weight excluding hydrogens is 378 g/mol. The molecule has 1 rings (SSSR count). The minimum atomic E-state index is -1.62. The van der Waals surface area contributed by atoms with E-state index in [0.717, 1.165) is 13.8 Å². The summed E-state index contributed by atoms with van der Waals surface area (Å²) in [5.74, 6) is -5.32. The maximum atomic E-state index is 12.2. The summed E-state index contributed by atoms with van der Waals surface area (Å²) in [6.45, 7) is 5.90. The van der Waals surface area contributed by atoms with Gasteiger partial charge in [0.1, 0.15) is 0 Å². The van der Waals surface area contributed by atoms with Crippen LogP contribution in [0.15, 0.2) is 0 Å². The highest BCUT2D eigenvalue weighted by molar-refractivity contribution is 6.01. The lowest BCUT2D eigenvalue weighted by Gasteiger charge is -2.19. The van der Waals surface area contributed by atoms with E-state index in [9.17, 15) is 28.8 Å². The topological polar surface area (TPSA) is 143 Å². The number of amides is 2. The number of hydrogen-bond acceptors (Lipinski definition) is 10. The van der Waals surface area contributed by atoms with Crippen LogP contribution in [0.4, 0.5) is 0 Å². The molecular formula is C17H23NO10. The Morgan fingerprint density at radius 2 is 1.54 bits per heavy atom. The van der Waals surface area contributed by atoms with Crippen LogP contribution in [0.3, 0.4) is 0 Å². The molecule has 1 saturated heterocycles. The number of hydrogen-bond donors (Lipinski definition) is 0. The molecule has 1 aliphatic heterocycles. The molecule has 0 N–H and O–H groups in total. The van der Waals surface area contributed by atoms with E-state index in [1.807, 2.05) is 13.8 Å². The first-order valence-electron chi connectivity index (χ1n) is 8.62. The van der Waals surface area contributed by atoms with Crippen molar-refractivity contribution in [2.75, 3.05) is 6.61 Å². The minimum absolute atomic E-state index is 0.0638. The SMILES string of the molecule is CC(=O)O[C@@H](CC(=O)OCC(C)C)C(=O)O[C@@H](C)C(=O)ON1C(=O)CCC1=O. The second-order valence-corrected chi connectivity index (χ2v) is 6.45. The van der Waals surface area contributed by atoms with Crippen LogP contribution >= 0.6 is 0 Å². The third kappa shape index (κ3) is 7.33. The van der Waals surface area contributed by atoms with Gasteiger partial charge >= 0.3 is 23.9 Å². The summed E-state index contributed by atoms with van der Waals surface area (Å²) in [6.07, 6.45) is -3.93. The molecule has 1 fully saturated rings. The smallest absolute Gasteiger partial charge is 0.373 e. The van der Waals surface area contributed by atoms with Crippen molar-refractivity contribution in [3.63, 3.8) is 0 Å². The summed E-state index contributed by atoms with van der Waals surface area (Å²) in [7, 11) is 0. The molecule has 2 amide bonds. The van der Waals surface area contributed by atoms with Gasteiger partial charge in [-0.25, -0.2) is 9.59 Å². The van der Waals surface area contributed by atoms with Gasteiger partial charge in [-0.05, 0) is 12.8 Å². The lowest BCUT2D eigenvalue weighted by Crippen LogP contribution is -2.39. The summed E-state index contributed by atoms with van der Waals surface area (Å²) in [6, 6.07) is 0. The fourth-order valence-electron chi connectivity index (χ4n) is 1.96. The molecule has 0 bridgehead atoms. The van der Waals surface area contributed by atoms with E-state index < -0.39 is 54.3 Å². The fourth-order valence-corrected chi connectivity index (χ4v) is 1.96. The molecule has 2 atom stereocenters. The molecule has 0 saturated carbocycles. The van der Waals surface area contributed by atoms with Crippen molar-refractivity contribution in [3.8, 4) is 0 Å². The monoisotopic (exact) mass is 401 g/mol. The lowest BCUT2D eigenvalue weighted by molar-refractivity contribution is -0.206. The highest BCUT2D eigenvalue weighted by Gasteiger charge is 2.36. The van der Waals surface area contributed by atoms with Gasteiger partial charge in [-0.3, -0.25) is 19.2 Å². The molecule has 0 spiro atoms. The number of nitrogens with zero attached hydrogens (tertiary/aromatic N) is 1. The van der Waals surface area contributed by atoms with Crippen molar-refractivity contribution in [3.05, 3.63) is 0 Å². The third-order valence-electron chi connectivity index (χ3n) is 3.31. The number of carbonyl (C=O) groups is 6. The number of carbonyl (C=O) groups excluding carboxylic acids is 6. The zero-order valence-corrected chi connectivity index (χ0v) is 16.1. The predicted octanol–water partition coefficient (Wildman–Crippen LogP) is 0.0463. The molecule has 0 aliphatic carbocycles. The van der Waals surface area contributed by atoms with Crippen LogP contribution < -0.4 is 0 Å². The Hall–Kier alpha value is -2.98. The molecule has 0 aromatic rings. The normalized spacial score (nSPS) is 15.8. The molecule has 0 aromatic carbocycles. The molecule has 28 heavy (non-hydrogen) atoms. The summed E-state index contributed by atoms with van der Waals surface area (Å²) in [5.41, 5.74) is 0. The second-order valence-electron chi connectivity index (χ2n) is 6.45. The van der Waals surface area contributed by atoms with Gasteiger partial charge in [0.25, 0.3) is 11.8 Å². The van der Waals surface area contributed by atoms with E-state index in [4.69, 9.17) is 14.2 Å². The zero-order valence-electron chi connectivity index (χ0n) is 16.1. The molecule has 1 aliphatic rings. The molecule has 0 unspecified atom stereocenters. The molecule has 156 valence electrons. The van der Waals surface area contributed by atoms with Crippen molar-refractivity contribution in [1.82, 2.24) is 5.06 Å². The van der Waals surface area contributed by atoms with Crippen molar-refractivity contribution in [2.45, 2.75) is 59.2 Å². The molecule has 11 heteroatoms. The highest BCUT2D eigenvalue weighted by Crippen LogP contribution is 2.14. The van der Waals surface area contributed by atoms with Crippen LogP contribution in [0.5, 0.6) is 0 Å². The van der Waals surface area contributed by atoms with Crippen LogP contribution in [0.2, 0.25) is 0 Å². The Labute approximate surface area is 161 Å². The van der Waals surface area contributed by atoms with Crippen LogP contribution in [0.1, 0.15) is 47.0 Å². The van der Waals surface area contributed by atoms with E-state index in [1.54, 1.807) is 0 Å². The first kappa shape index (κ1) is 23.1. The summed E-state index contributed by atoms with van der Waals surface area (Å²) in [5, 5.41) is 0.305. The third-order valence-corrected chi connectivity index (χ3v) is 3.31. The highest BCUT2D eigenvalue weighted by atomic mass is 16.7. The maximum absolute atomic E-state index is 12.2. The Bertz CT molecular complexity index is 640. The quantitative estimate of drug-likeness (QED) is 0.295. The van der Waals surface area contributed by atoms with Crippen LogP contribution in [-0.2, 0) is 47.8 Å². The number of ether oxygens (including phenoxy) is 3. The number of esters is 3. The molecule has 0 radical (unpaired) electrons. The first-order valence-corrected chi connectivity index (χ1v) is 8.62. The van der Waals surface area contributed by atoms with Gasteiger partial charge in [0.15, 0.2) is 6.10 Å². The van der Waals surface area contributed by atoms with E-state index in [2.05, 4.69) is 4.84 Å². The Morgan fingerprint density at radius 1 is 0.964 bits per heavy atom. The molecule has 0 aromatic heterocycles. The minimum Gasteiger partial charge on any atom is -0.465 e. The average Bonchev–Trinajstić information content (AvgIpc) is 2.90. The van der Waals surface area contributed by atoms with Crippen molar-refractivity contribution in [2.24, 2.45) is 5.92 Å². The van der Waals surface area contributed by atoms with Gasteiger partial charge in [-0.15, -0.1) is 5.06 Å². The Kier molecular flexibility index (Phi) is 8.55. The first-order chi connectivity index (χ1) is 13.0. The van der Waals surface area contributed by atoms with Gasteiger partial charge in [0, 0.05) is 19.8 Å². The maximum Gasteiger partial charge on any atom is 0.373 e. The zero-order chi connectivity index (χ0) is 21.4. The van der Waals surface area contributed by atoms with E-state index in [-0.39, 0.29) is 25.4 Å². The van der Waals surface area contributed by atoms with E-state index >= 15 is 0 Å². The number of rotatable bonds is 9. The van der Waals surface area contributed by atoms with Crippen molar-refractivity contribution < 1.29 is 47.8 Å². The predicted molar refractivity (Wildman–Crippen MR) is 88.7 cm³/mol. The number of hydroxylamine groups is 2. The summed E-state index contributed by atoms with van der Waals surface area (Å²) in [4.78, 5) is 74.5. The summed E-state index contributed by atoms with van der Waals surface area (Å²) < 4.78 is 14.5. The largest absolute Gasteiger partial charge is 0.465 e. The number of imide groups is 1. The van der Waals surface area contributed by atoms with Gasteiger partial charge in [0.2, 0.25) is 6.10 Å². The van der Waals surface area contributed by atoms with E-state index in [0.29, 0.717) is 5.06 Å². The van der Waals surface area contributed by atoms with E-state index in [1.165, 1.54) is 0 Å². The average molecular weight is 401 g/mol. The van der Waals surface area contributed by atoms with Crippen molar-refractivity contribution >= 4 is 35.7 Å². The van der Waals surface area contributed by atoms with Crippen molar-refractivity contribution in [1.29, 1.82) is 0 Å². The molecule has 11 nitrogen and oxygen atoms in total. The van der Waals surface area contributed by atoms with Gasteiger partial charge in [-0.1, -0.05) is 13.8 Å². The Morgan fingerprint density at radius 3 is 2.04 bits per heavy atom. The second kappa shape index (κ2) is 10.4. The Balaban J connectivity index is 2.65. The van der Waals surface area contributed by atoms with Crippen LogP contribution in [0, 0.1) is 5.92 Å².